The van der Waals surface area contributed by atoms with Gasteiger partial charge in [-0.2, -0.15) is 0 Å². The lowest BCUT2D eigenvalue weighted by Crippen LogP contribution is -2.31. The minimum Gasteiger partial charge on any atom is -0.503 e. The molecule has 0 saturated carbocycles. The van der Waals surface area contributed by atoms with Crippen molar-refractivity contribution in [1.29, 1.82) is 0 Å². The van der Waals surface area contributed by atoms with E-state index >= 15 is 0 Å². The molecule has 1 aliphatic heterocycles. The van der Waals surface area contributed by atoms with Gasteiger partial charge in [-0.3, -0.25) is 14.5 Å². The van der Waals surface area contributed by atoms with Crippen LogP contribution in [-0.2, 0) is 9.59 Å². The minimum absolute atomic E-state index is 0.119. The molecule has 6 nitrogen and oxygen atoms in total. The number of carbonyl (C=O) groups is 2. The van der Waals surface area contributed by atoms with Crippen LogP contribution in [0.15, 0.2) is 59.9 Å². The quantitative estimate of drug-likeness (QED) is 0.689. The SMILES string of the molecule is CCOc1ccc(C2C(C(=O)C(C)C)=C(O)C(=O)N2c2ccc(OCC)cc2)cc1. The lowest BCUT2D eigenvalue weighted by atomic mass is 9.91. The van der Waals surface area contributed by atoms with Crippen LogP contribution in [0.1, 0.15) is 39.3 Å². The molecule has 1 unspecified atom stereocenters. The molecule has 0 spiro atoms. The summed E-state index contributed by atoms with van der Waals surface area (Å²) in [7, 11) is 0. The Morgan fingerprint density at radius 3 is 1.93 bits per heavy atom. The largest absolute Gasteiger partial charge is 0.503 e. The Morgan fingerprint density at radius 2 is 1.47 bits per heavy atom. The van der Waals surface area contributed by atoms with Gasteiger partial charge in [0.05, 0.1) is 24.8 Å². The number of anilines is 1. The summed E-state index contributed by atoms with van der Waals surface area (Å²) < 4.78 is 11.0. The first-order valence-corrected chi connectivity index (χ1v) is 10.2. The molecule has 0 aliphatic carbocycles. The van der Waals surface area contributed by atoms with Gasteiger partial charge in [0.2, 0.25) is 0 Å². The summed E-state index contributed by atoms with van der Waals surface area (Å²) in [6, 6.07) is 13.5. The standard InChI is InChI=1S/C24H27NO5/c1-5-29-18-11-7-16(8-12-18)21-20(22(26)15(3)4)23(27)24(28)25(21)17-9-13-19(14-10-17)30-6-2/h7-15,21,27H,5-6H2,1-4H3. The molecule has 6 heteroatoms. The molecule has 2 aromatic carbocycles. The van der Waals surface area contributed by atoms with Gasteiger partial charge in [-0.15, -0.1) is 0 Å². The molecule has 1 atom stereocenters. The van der Waals surface area contributed by atoms with Crippen LogP contribution in [0.4, 0.5) is 5.69 Å². The number of aliphatic hydroxyl groups excluding tert-OH is 1. The Hall–Kier alpha value is -3.28. The highest BCUT2D eigenvalue weighted by Crippen LogP contribution is 2.42. The molecular weight excluding hydrogens is 382 g/mol. The molecule has 0 saturated heterocycles. The van der Waals surface area contributed by atoms with Crippen LogP contribution in [0, 0.1) is 5.92 Å². The Bertz CT molecular complexity index is 945. The topological polar surface area (TPSA) is 76.1 Å². The maximum Gasteiger partial charge on any atom is 0.294 e. The second-order valence-corrected chi connectivity index (χ2v) is 7.29. The van der Waals surface area contributed by atoms with E-state index in [1.54, 1.807) is 50.2 Å². The third-order valence-electron chi connectivity index (χ3n) is 4.93. The Kier molecular flexibility index (Phi) is 6.45. The Morgan fingerprint density at radius 1 is 0.967 bits per heavy atom. The van der Waals surface area contributed by atoms with Gasteiger partial charge in [-0.25, -0.2) is 0 Å². The zero-order valence-electron chi connectivity index (χ0n) is 17.7. The van der Waals surface area contributed by atoms with Gasteiger partial charge in [0, 0.05) is 11.6 Å². The van der Waals surface area contributed by atoms with Crippen molar-refractivity contribution in [2.75, 3.05) is 18.1 Å². The minimum atomic E-state index is -0.721. The summed E-state index contributed by atoms with van der Waals surface area (Å²) in [4.78, 5) is 27.4. The first-order chi connectivity index (χ1) is 14.4. The molecule has 158 valence electrons. The maximum atomic E-state index is 13.0. The van der Waals surface area contributed by atoms with Crippen molar-refractivity contribution in [1.82, 2.24) is 0 Å². The fraction of sp³-hybridized carbons (Fsp3) is 0.333. The van der Waals surface area contributed by atoms with Gasteiger partial charge in [-0.1, -0.05) is 26.0 Å². The van der Waals surface area contributed by atoms with Crippen LogP contribution in [0.25, 0.3) is 0 Å². The van der Waals surface area contributed by atoms with Crippen molar-refractivity contribution in [3.8, 4) is 11.5 Å². The summed E-state index contributed by atoms with van der Waals surface area (Å²) in [5, 5.41) is 10.6. The highest BCUT2D eigenvalue weighted by molar-refractivity contribution is 6.16. The molecule has 30 heavy (non-hydrogen) atoms. The maximum absolute atomic E-state index is 13.0. The van der Waals surface area contributed by atoms with Crippen LogP contribution >= 0.6 is 0 Å². The van der Waals surface area contributed by atoms with Gasteiger partial charge in [0.25, 0.3) is 5.91 Å². The van der Waals surface area contributed by atoms with Gasteiger partial charge >= 0.3 is 0 Å². The van der Waals surface area contributed by atoms with Crippen molar-refractivity contribution in [3.05, 3.63) is 65.4 Å². The number of hydrogen-bond donors (Lipinski definition) is 1. The fourth-order valence-electron chi connectivity index (χ4n) is 3.53. The van der Waals surface area contributed by atoms with E-state index < -0.39 is 17.7 Å². The second-order valence-electron chi connectivity index (χ2n) is 7.29. The van der Waals surface area contributed by atoms with Crippen LogP contribution in [0.5, 0.6) is 11.5 Å². The normalized spacial score (nSPS) is 16.4. The molecule has 1 N–H and O–H groups in total. The van der Waals surface area contributed by atoms with Gasteiger partial charge < -0.3 is 14.6 Å². The molecule has 1 amide bonds. The molecule has 0 aromatic heterocycles. The average molecular weight is 409 g/mol. The number of hydrogen-bond acceptors (Lipinski definition) is 5. The zero-order chi connectivity index (χ0) is 21.8. The molecule has 0 fully saturated rings. The van der Waals surface area contributed by atoms with Crippen LogP contribution in [0.2, 0.25) is 0 Å². The smallest absolute Gasteiger partial charge is 0.294 e. The number of ether oxygens (including phenoxy) is 2. The molecule has 2 aromatic rings. The van der Waals surface area contributed by atoms with Gasteiger partial charge in [0.1, 0.15) is 11.5 Å². The lowest BCUT2D eigenvalue weighted by Gasteiger charge is -2.27. The predicted molar refractivity (Wildman–Crippen MR) is 115 cm³/mol. The number of Topliss-reactive ketones (excluding diaryl/α,β-unsaturated/α-hetero) is 1. The lowest BCUT2D eigenvalue weighted by molar-refractivity contribution is -0.119. The molecular formula is C24H27NO5. The summed E-state index contributed by atoms with van der Waals surface area (Å²) in [6.45, 7) is 8.37. The highest BCUT2D eigenvalue weighted by atomic mass is 16.5. The predicted octanol–water partition coefficient (Wildman–Crippen LogP) is 4.61. The molecule has 0 bridgehead atoms. The second kappa shape index (κ2) is 9.03. The molecule has 1 aliphatic rings. The highest BCUT2D eigenvalue weighted by Gasteiger charge is 2.44. The van der Waals surface area contributed by atoms with Crippen molar-refractivity contribution >= 4 is 17.4 Å². The zero-order valence-corrected chi connectivity index (χ0v) is 17.7. The number of aliphatic hydroxyl groups is 1. The number of ketones is 1. The number of amides is 1. The van der Waals surface area contributed by atoms with Crippen molar-refractivity contribution in [2.45, 2.75) is 33.7 Å². The van der Waals surface area contributed by atoms with Crippen molar-refractivity contribution < 1.29 is 24.2 Å². The third kappa shape index (κ3) is 4.03. The van der Waals surface area contributed by atoms with E-state index in [0.717, 1.165) is 0 Å². The van der Waals surface area contributed by atoms with E-state index in [-0.39, 0.29) is 17.3 Å². The first kappa shape index (κ1) is 21.4. The van der Waals surface area contributed by atoms with Crippen LogP contribution in [0.3, 0.4) is 0 Å². The van der Waals surface area contributed by atoms with Gasteiger partial charge in [-0.05, 0) is 55.8 Å². The molecule has 3 rings (SSSR count). The summed E-state index contributed by atoms with van der Waals surface area (Å²) in [5.41, 5.74) is 1.40. The van der Waals surface area contributed by atoms with Crippen LogP contribution < -0.4 is 14.4 Å². The monoisotopic (exact) mass is 409 g/mol. The van der Waals surface area contributed by atoms with Crippen molar-refractivity contribution in [3.63, 3.8) is 0 Å². The van der Waals surface area contributed by atoms with E-state index in [4.69, 9.17) is 9.47 Å². The Balaban J connectivity index is 2.08. The average Bonchev–Trinajstić information content (AvgIpc) is 3.00. The van der Waals surface area contributed by atoms with E-state index in [1.807, 2.05) is 26.0 Å². The van der Waals surface area contributed by atoms with Crippen LogP contribution in [-0.4, -0.2) is 30.0 Å². The van der Waals surface area contributed by atoms with Crippen molar-refractivity contribution in [2.24, 2.45) is 5.92 Å². The van der Waals surface area contributed by atoms with E-state index in [2.05, 4.69) is 0 Å². The fourth-order valence-corrected chi connectivity index (χ4v) is 3.53. The molecule has 1 heterocycles. The first-order valence-electron chi connectivity index (χ1n) is 10.2. The molecule has 0 radical (unpaired) electrons. The van der Waals surface area contributed by atoms with E-state index in [0.29, 0.717) is 36.0 Å². The van der Waals surface area contributed by atoms with E-state index in [1.165, 1.54) is 4.90 Å². The van der Waals surface area contributed by atoms with E-state index in [9.17, 15) is 14.7 Å². The summed E-state index contributed by atoms with van der Waals surface area (Å²) in [5.74, 6) is -0.332. The summed E-state index contributed by atoms with van der Waals surface area (Å²) in [6.07, 6.45) is 0. The number of rotatable bonds is 8. The Labute approximate surface area is 176 Å². The number of carbonyl (C=O) groups excluding carboxylic acids is 2. The number of nitrogens with zero attached hydrogens (tertiary/aromatic N) is 1. The number of benzene rings is 2. The summed E-state index contributed by atoms with van der Waals surface area (Å²) >= 11 is 0. The van der Waals surface area contributed by atoms with Gasteiger partial charge in [0.15, 0.2) is 11.5 Å². The third-order valence-corrected chi connectivity index (χ3v) is 4.93.